The summed E-state index contributed by atoms with van der Waals surface area (Å²) in [4.78, 5) is 12.2. The summed E-state index contributed by atoms with van der Waals surface area (Å²) < 4.78 is 43.0. The van der Waals surface area contributed by atoms with Crippen LogP contribution in [-0.2, 0) is 6.18 Å². The maximum atomic E-state index is 12.6. The molecule has 122 valence electrons. The molecule has 0 aliphatic rings. The Kier molecular flexibility index (Phi) is 5.15. The number of hydrogen-bond donors (Lipinski definition) is 1. The van der Waals surface area contributed by atoms with Crippen LogP contribution < -0.4 is 10.1 Å². The van der Waals surface area contributed by atoms with Crippen molar-refractivity contribution in [1.82, 2.24) is 0 Å². The van der Waals surface area contributed by atoms with Gasteiger partial charge in [0, 0.05) is 5.56 Å². The van der Waals surface area contributed by atoms with E-state index in [2.05, 4.69) is 5.32 Å². The van der Waals surface area contributed by atoms with Crippen LogP contribution in [0, 0.1) is 0 Å². The number of ether oxygens (including phenoxy) is 1. The highest BCUT2D eigenvalue weighted by Crippen LogP contribution is 2.33. The van der Waals surface area contributed by atoms with E-state index in [4.69, 9.17) is 16.3 Å². The van der Waals surface area contributed by atoms with Gasteiger partial charge in [0.2, 0.25) is 0 Å². The van der Waals surface area contributed by atoms with Crippen LogP contribution >= 0.6 is 11.6 Å². The second kappa shape index (κ2) is 6.91. The standard InChI is InChI=1S/C16H13ClF3NO2/c1-2-23-12-5-3-4-10(8-12)15(22)21-14-7-6-11(9-13(14)17)16(18,19)20/h3-9H,2H2,1H3,(H,21,22). The SMILES string of the molecule is CCOc1cccc(C(=O)Nc2ccc(C(F)(F)F)cc2Cl)c1. The minimum Gasteiger partial charge on any atom is -0.494 e. The van der Waals surface area contributed by atoms with E-state index in [0.29, 0.717) is 17.9 Å². The average Bonchev–Trinajstić information content (AvgIpc) is 2.49. The van der Waals surface area contributed by atoms with Crippen LogP contribution in [0.3, 0.4) is 0 Å². The monoisotopic (exact) mass is 343 g/mol. The van der Waals surface area contributed by atoms with Gasteiger partial charge in [0.05, 0.1) is 22.9 Å². The highest BCUT2D eigenvalue weighted by atomic mass is 35.5. The lowest BCUT2D eigenvalue weighted by molar-refractivity contribution is -0.137. The third-order valence-electron chi connectivity index (χ3n) is 2.95. The van der Waals surface area contributed by atoms with Gasteiger partial charge in [0.15, 0.2) is 0 Å². The molecule has 0 aliphatic heterocycles. The van der Waals surface area contributed by atoms with Gasteiger partial charge < -0.3 is 10.1 Å². The van der Waals surface area contributed by atoms with E-state index in [1.807, 2.05) is 6.92 Å². The number of alkyl halides is 3. The van der Waals surface area contributed by atoms with Crippen molar-refractivity contribution >= 4 is 23.2 Å². The molecule has 0 unspecified atom stereocenters. The van der Waals surface area contributed by atoms with Crippen LogP contribution in [0.25, 0.3) is 0 Å². The van der Waals surface area contributed by atoms with Crippen LogP contribution in [0.1, 0.15) is 22.8 Å². The van der Waals surface area contributed by atoms with Gasteiger partial charge >= 0.3 is 6.18 Å². The third kappa shape index (κ3) is 4.39. The van der Waals surface area contributed by atoms with E-state index in [1.54, 1.807) is 18.2 Å². The molecule has 0 aromatic heterocycles. The normalized spacial score (nSPS) is 11.2. The summed E-state index contributed by atoms with van der Waals surface area (Å²) in [5.74, 6) is 0.0341. The van der Waals surface area contributed by atoms with Gasteiger partial charge in [-0.25, -0.2) is 0 Å². The van der Waals surface area contributed by atoms with Crippen LogP contribution in [-0.4, -0.2) is 12.5 Å². The first-order chi connectivity index (χ1) is 10.8. The zero-order chi connectivity index (χ0) is 17.0. The molecule has 7 heteroatoms. The Balaban J connectivity index is 2.19. The number of rotatable bonds is 4. The van der Waals surface area contributed by atoms with Gasteiger partial charge in [-0.3, -0.25) is 4.79 Å². The fourth-order valence-electron chi connectivity index (χ4n) is 1.88. The number of hydrogen-bond acceptors (Lipinski definition) is 2. The molecule has 1 N–H and O–H groups in total. The second-order valence-electron chi connectivity index (χ2n) is 4.61. The van der Waals surface area contributed by atoms with Gasteiger partial charge in [0.25, 0.3) is 5.91 Å². The summed E-state index contributed by atoms with van der Waals surface area (Å²) in [7, 11) is 0. The molecule has 0 heterocycles. The highest BCUT2D eigenvalue weighted by Gasteiger charge is 2.31. The Bertz CT molecular complexity index is 717. The fraction of sp³-hybridized carbons (Fsp3) is 0.188. The van der Waals surface area contributed by atoms with E-state index in [-0.39, 0.29) is 10.7 Å². The Hall–Kier alpha value is -2.21. The van der Waals surface area contributed by atoms with Crippen molar-refractivity contribution in [3.8, 4) is 5.75 Å². The highest BCUT2D eigenvalue weighted by molar-refractivity contribution is 6.34. The second-order valence-corrected chi connectivity index (χ2v) is 5.01. The first-order valence-corrected chi connectivity index (χ1v) is 7.10. The molecule has 2 aromatic rings. The Morgan fingerprint density at radius 3 is 2.57 bits per heavy atom. The van der Waals surface area contributed by atoms with Crippen molar-refractivity contribution in [2.45, 2.75) is 13.1 Å². The van der Waals surface area contributed by atoms with Gasteiger partial charge in [-0.1, -0.05) is 17.7 Å². The summed E-state index contributed by atoms with van der Waals surface area (Å²) in [5.41, 5.74) is -0.461. The molecule has 3 nitrogen and oxygen atoms in total. The maximum Gasteiger partial charge on any atom is 0.416 e. The Morgan fingerprint density at radius 2 is 1.96 bits per heavy atom. The maximum absolute atomic E-state index is 12.6. The van der Waals surface area contributed by atoms with Gasteiger partial charge in [-0.05, 0) is 43.3 Å². The quantitative estimate of drug-likeness (QED) is 0.847. The molecule has 23 heavy (non-hydrogen) atoms. The topological polar surface area (TPSA) is 38.3 Å². The van der Waals surface area contributed by atoms with Crippen molar-refractivity contribution in [3.63, 3.8) is 0 Å². The molecule has 2 aromatic carbocycles. The van der Waals surface area contributed by atoms with Gasteiger partial charge in [-0.2, -0.15) is 13.2 Å². The van der Waals surface area contributed by atoms with Crippen molar-refractivity contribution in [3.05, 3.63) is 58.6 Å². The lowest BCUT2D eigenvalue weighted by atomic mass is 10.1. The molecule has 0 aliphatic carbocycles. The molecule has 0 spiro atoms. The van der Waals surface area contributed by atoms with Crippen LogP contribution in [0.4, 0.5) is 18.9 Å². The lowest BCUT2D eigenvalue weighted by Gasteiger charge is -2.11. The first kappa shape index (κ1) is 17.1. The van der Waals surface area contributed by atoms with E-state index < -0.39 is 17.6 Å². The predicted molar refractivity (Wildman–Crippen MR) is 82.0 cm³/mol. The number of anilines is 1. The number of carbonyl (C=O) groups is 1. The molecule has 2 rings (SSSR count). The van der Waals surface area contributed by atoms with Crippen molar-refractivity contribution in [2.24, 2.45) is 0 Å². The number of halogens is 4. The number of amides is 1. The molecule has 0 saturated carbocycles. The minimum absolute atomic E-state index is 0.103. The molecule has 0 bridgehead atoms. The van der Waals surface area contributed by atoms with Crippen molar-refractivity contribution in [2.75, 3.05) is 11.9 Å². The smallest absolute Gasteiger partial charge is 0.416 e. The molecule has 0 radical (unpaired) electrons. The Morgan fingerprint density at radius 1 is 1.22 bits per heavy atom. The third-order valence-corrected chi connectivity index (χ3v) is 3.26. The predicted octanol–water partition coefficient (Wildman–Crippen LogP) is 5.01. The number of nitrogens with one attached hydrogen (secondary N) is 1. The lowest BCUT2D eigenvalue weighted by Crippen LogP contribution is -2.13. The van der Waals surface area contributed by atoms with Crippen LogP contribution in [0.5, 0.6) is 5.75 Å². The van der Waals surface area contributed by atoms with E-state index in [1.165, 1.54) is 6.07 Å². The molecular weight excluding hydrogens is 331 g/mol. The number of carbonyl (C=O) groups excluding carboxylic acids is 1. The van der Waals surface area contributed by atoms with Crippen molar-refractivity contribution in [1.29, 1.82) is 0 Å². The summed E-state index contributed by atoms with van der Waals surface area (Å²) in [6, 6.07) is 9.20. The largest absolute Gasteiger partial charge is 0.494 e. The van der Waals surface area contributed by atoms with Gasteiger partial charge in [0.1, 0.15) is 5.75 Å². The zero-order valence-corrected chi connectivity index (χ0v) is 12.8. The average molecular weight is 344 g/mol. The van der Waals surface area contributed by atoms with E-state index in [9.17, 15) is 18.0 Å². The fourth-order valence-corrected chi connectivity index (χ4v) is 2.11. The minimum atomic E-state index is -4.49. The summed E-state index contributed by atoms with van der Waals surface area (Å²) in [6.45, 7) is 2.27. The Labute approximate surface area is 136 Å². The van der Waals surface area contributed by atoms with E-state index in [0.717, 1.165) is 18.2 Å². The van der Waals surface area contributed by atoms with Crippen LogP contribution in [0.15, 0.2) is 42.5 Å². The number of benzene rings is 2. The summed E-state index contributed by atoms with van der Waals surface area (Å²) in [6.07, 6.45) is -4.49. The molecule has 0 fully saturated rings. The molecule has 0 saturated heterocycles. The molecular formula is C16H13ClF3NO2. The van der Waals surface area contributed by atoms with Crippen LogP contribution in [0.2, 0.25) is 5.02 Å². The van der Waals surface area contributed by atoms with E-state index >= 15 is 0 Å². The summed E-state index contributed by atoms with van der Waals surface area (Å²) >= 11 is 5.81. The zero-order valence-electron chi connectivity index (χ0n) is 12.1. The molecule has 1 amide bonds. The molecule has 0 atom stereocenters. The van der Waals surface area contributed by atoms with Crippen molar-refractivity contribution < 1.29 is 22.7 Å². The summed E-state index contributed by atoms with van der Waals surface area (Å²) in [5, 5.41) is 2.29. The first-order valence-electron chi connectivity index (χ1n) is 6.72. The van der Waals surface area contributed by atoms with Gasteiger partial charge in [-0.15, -0.1) is 0 Å².